The van der Waals surface area contributed by atoms with Crippen molar-refractivity contribution in [3.05, 3.63) is 30.3 Å². The third-order valence-electron chi connectivity index (χ3n) is 3.82. The summed E-state index contributed by atoms with van der Waals surface area (Å²) in [4.78, 5) is 16.8. The Labute approximate surface area is 120 Å². The molecule has 1 aliphatic heterocycles. The molecule has 1 saturated heterocycles. The van der Waals surface area contributed by atoms with Gasteiger partial charge >= 0.3 is 0 Å². The van der Waals surface area contributed by atoms with Crippen LogP contribution in [0.3, 0.4) is 0 Å². The minimum absolute atomic E-state index is 0.0588. The Bertz CT molecular complexity index is 415. The first-order valence-corrected chi connectivity index (χ1v) is 7.23. The zero-order valence-corrected chi connectivity index (χ0v) is 12.1. The van der Waals surface area contributed by atoms with Gasteiger partial charge in [0.2, 0.25) is 5.91 Å². The number of amides is 1. The lowest BCUT2D eigenvalue weighted by Gasteiger charge is -2.37. The number of carbonyl (C=O) groups is 1. The maximum atomic E-state index is 12.2. The van der Waals surface area contributed by atoms with Crippen LogP contribution >= 0.6 is 0 Å². The van der Waals surface area contributed by atoms with Crippen molar-refractivity contribution < 1.29 is 4.79 Å². The Morgan fingerprint density at radius 1 is 1.25 bits per heavy atom. The summed E-state index contributed by atoms with van der Waals surface area (Å²) in [7, 11) is 0. The van der Waals surface area contributed by atoms with E-state index in [2.05, 4.69) is 15.1 Å². The SMILES string of the molecule is CC(C(=O)Nc1ccccc1)N1CCN(CCN)CC1. The highest BCUT2D eigenvalue weighted by molar-refractivity contribution is 5.94. The molecular formula is C15H24N4O. The Morgan fingerprint density at radius 2 is 1.90 bits per heavy atom. The summed E-state index contributed by atoms with van der Waals surface area (Å²) in [6.45, 7) is 7.42. The van der Waals surface area contributed by atoms with Crippen LogP contribution in [-0.4, -0.2) is 61.0 Å². The number of para-hydroxylation sites is 1. The highest BCUT2D eigenvalue weighted by Crippen LogP contribution is 2.10. The van der Waals surface area contributed by atoms with Gasteiger partial charge in [0, 0.05) is 45.0 Å². The summed E-state index contributed by atoms with van der Waals surface area (Å²) in [5, 5.41) is 2.96. The van der Waals surface area contributed by atoms with Gasteiger partial charge in [-0.15, -0.1) is 0 Å². The molecule has 2 rings (SSSR count). The number of nitrogens with two attached hydrogens (primary N) is 1. The minimum atomic E-state index is -0.102. The van der Waals surface area contributed by atoms with Crippen molar-refractivity contribution in [3.8, 4) is 0 Å². The summed E-state index contributed by atoms with van der Waals surface area (Å²) in [6, 6.07) is 9.50. The Morgan fingerprint density at radius 3 is 2.50 bits per heavy atom. The molecule has 1 heterocycles. The average Bonchev–Trinajstić information content (AvgIpc) is 2.48. The van der Waals surface area contributed by atoms with Gasteiger partial charge in [-0.2, -0.15) is 0 Å². The van der Waals surface area contributed by atoms with E-state index in [1.165, 1.54) is 0 Å². The molecule has 0 aromatic heterocycles. The lowest BCUT2D eigenvalue weighted by atomic mass is 10.2. The monoisotopic (exact) mass is 276 g/mol. The molecule has 1 aromatic carbocycles. The second-order valence-corrected chi connectivity index (χ2v) is 5.20. The van der Waals surface area contributed by atoms with Crippen LogP contribution in [0.1, 0.15) is 6.92 Å². The van der Waals surface area contributed by atoms with Crippen molar-refractivity contribution in [2.24, 2.45) is 5.73 Å². The van der Waals surface area contributed by atoms with E-state index in [0.717, 1.165) is 38.4 Å². The third-order valence-corrected chi connectivity index (χ3v) is 3.82. The molecule has 1 aliphatic rings. The predicted molar refractivity (Wildman–Crippen MR) is 81.6 cm³/mol. The third kappa shape index (κ3) is 4.03. The van der Waals surface area contributed by atoms with Crippen molar-refractivity contribution in [2.45, 2.75) is 13.0 Å². The van der Waals surface area contributed by atoms with Crippen LogP contribution in [0.2, 0.25) is 0 Å². The van der Waals surface area contributed by atoms with Crippen LogP contribution in [0.4, 0.5) is 5.69 Å². The molecule has 0 bridgehead atoms. The number of nitrogens with one attached hydrogen (secondary N) is 1. The molecule has 1 fully saturated rings. The van der Waals surface area contributed by atoms with Gasteiger partial charge in [0.1, 0.15) is 0 Å². The number of anilines is 1. The molecule has 3 N–H and O–H groups in total. The van der Waals surface area contributed by atoms with Crippen LogP contribution in [0.5, 0.6) is 0 Å². The van der Waals surface area contributed by atoms with Gasteiger partial charge in [0.15, 0.2) is 0 Å². The fourth-order valence-electron chi connectivity index (χ4n) is 2.49. The fourth-order valence-corrected chi connectivity index (χ4v) is 2.49. The van der Waals surface area contributed by atoms with Gasteiger partial charge in [-0.05, 0) is 19.1 Å². The zero-order chi connectivity index (χ0) is 14.4. The number of hydrogen-bond acceptors (Lipinski definition) is 4. The highest BCUT2D eigenvalue weighted by atomic mass is 16.2. The smallest absolute Gasteiger partial charge is 0.241 e. The van der Waals surface area contributed by atoms with E-state index in [4.69, 9.17) is 5.73 Å². The van der Waals surface area contributed by atoms with Crippen LogP contribution in [0.15, 0.2) is 30.3 Å². The Hall–Kier alpha value is -1.43. The maximum Gasteiger partial charge on any atom is 0.241 e. The number of hydrogen-bond donors (Lipinski definition) is 2. The average molecular weight is 276 g/mol. The quantitative estimate of drug-likeness (QED) is 0.826. The normalized spacial score (nSPS) is 18.7. The molecule has 1 unspecified atom stereocenters. The van der Waals surface area contributed by atoms with E-state index in [9.17, 15) is 4.79 Å². The molecule has 0 saturated carbocycles. The van der Waals surface area contributed by atoms with E-state index in [1.807, 2.05) is 37.3 Å². The van der Waals surface area contributed by atoms with Crippen molar-refractivity contribution in [3.63, 3.8) is 0 Å². The molecule has 0 radical (unpaired) electrons. The molecule has 1 aromatic rings. The van der Waals surface area contributed by atoms with E-state index in [0.29, 0.717) is 6.54 Å². The largest absolute Gasteiger partial charge is 0.329 e. The molecule has 5 heteroatoms. The second kappa shape index (κ2) is 7.38. The summed E-state index contributed by atoms with van der Waals surface area (Å²) in [5.41, 5.74) is 6.42. The van der Waals surface area contributed by atoms with Gasteiger partial charge in [-0.1, -0.05) is 18.2 Å². The first-order valence-electron chi connectivity index (χ1n) is 7.23. The molecule has 0 spiro atoms. The molecular weight excluding hydrogens is 252 g/mol. The van der Waals surface area contributed by atoms with Crippen LogP contribution < -0.4 is 11.1 Å². The number of piperazine rings is 1. The van der Waals surface area contributed by atoms with Crippen LogP contribution in [0.25, 0.3) is 0 Å². The van der Waals surface area contributed by atoms with Crippen molar-refractivity contribution in [1.82, 2.24) is 9.80 Å². The van der Waals surface area contributed by atoms with Gasteiger partial charge in [-0.3, -0.25) is 14.6 Å². The molecule has 110 valence electrons. The van der Waals surface area contributed by atoms with Crippen molar-refractivity contribution in [1.29, 1.82) is 0 Å². The van der Waals surface area contributed by atoms with Crippen molar-refractivity contribution in [2.75, 3.05) is 44.6 Å². The van der Waals surface area contributed by atoms with Gasteiger partial charge in [0.25, 0.3) is 0 Å². The molecule has 20 heavy (non-hydrogen) atoms. The van der Waals surface area contributed by atoms with Crippen LogP contribution in [0, 0.1) is 0 Å². The van der Waals surface area contributed by atoms with E-state index >= 15 is 0 Å². The first kappa shape index (κ1) is 15.0. The van der Waals surface area contributed by atoms with E-state index in [1.54, 1.807) is 0 Å². The summed E-state index contributed by atoms with van der Waals surface area (Å²) in [6.07, 6.45) is 0. The summed E-state index contributed by atoms with van der Waals surface area (Å²) >= 11 is 0. The number of carbonyl (C=O) groups excluding carboxylic acids is 1. The lowest BCUT2D eigenvalue weighted by Crippen LogP contribution is -2.53. The fraction of sp³-hybridized carbons (Fsp3) is 0.533. The molecule has 1 atom stereocenters. The van der Waals surface area contributed by atoms with Crippen LogP contribution in [-0.2, 0) is 4.79 Å². The topological polar surface area (TPSA) is 61.6 Å². The first-order chi connectivity index (χ1) is 9.70. The maximum absolute atomic E-state index is 12.2. The molecule has 1 amide bonds. The number of rotatable bonds is 5. The Balaban J connectivity index is 1.82. The minimum Gasteiger partial charge on any atom is -0.329 e. The van der Waals surface area contributed by atoms with Gasteiger partial charge in [0.05, 0.1) is 6.04 Å². The van der Waals surface area contributed by atoms with E-state index < -0.39 is 0 Å². The van der Waals surface area contributed by atoms with Crippen molar-refractivity contribution >= 4 is 11.6 Å². The zero-order valence-electron chi connectivity index (χ0n) is 12.1. The number of nitrogens with zero attached hydrogens (tertiary/aromatic N) is 2. The second-order valence-electron chi connectivity index (χ2n) is 5.20. The van der Waals surface area contributed by atoms with Gasteiger partial charge in [-0.25, -0.2) is 0 Å². The summed E-state index contributed by atoms with van der Waals surface area (Å²) in [5.74, 6) is 0.0588. The standard InChI is InChI=1S/C15H24N4O/c1-13(15(20)17-14-5-3-2-4-6-14)19-11-9-18(8-7-16)10-12-19/h2-6,13H,7-12,16H2,1H3,(H,17,20). The highest BCUT2D eigenvalue weighted by Gasteiger charge is 2.25. The predicted octanol–water partition coefficient (Wildman–Crippen LogP) is 0.590. The number of benzene rings is 1. The summed E-state index contributed by atoms with van der Waals surface area (Å²) < 4.78 is 0. The lowest BCUT2D eigenvalue weighted by molar-refractivity contribution is -0.121. The van der Waals surface area contributed by atoms with Gasteiger partial charge < -0.3 is 11.1 Å². The molecule has 5 nitrogen and oxygen atoms in total. The van der Waals surface area contributed by atoms with E-state index in [-0.39, 0.29) is 11.9 Å². The molecule has 0 aliphatic carbocycles. The Kier molecular flexibility index (Phi) is 5.52.